The number of likely N-dealkylation sites (N-methyl/N-ethyl adjacent to an activating group) is 1. The van der Waals surface area contributed by atoms with Crippen molar-refractivity contribution in [1.29, 1.82) is 0 Å². The first-order chi connectivity index (χ1) is 4.85. The topological polar surface area (TPSA) is 3.24 Å². The molecule has 0 aromatic rings. The number of hydrogen-bond acceptors (Lipinski definition) is 1. The van der Waals surface area contributed by atoms with E-state index in [-0.39, 0.29) is 0 Å². The Morgan fingerprint density at radius 3 is 2.60 bits per heavy atom. The summed E-state index contributed by atoms with van der Waals surface area (Å²) in [5, 5.41) is 1.07. The molecule has 0 aliphatic carbocycles. The van der Waals surface area contributed by atoms with Crippen LogP contribution in [0.15, 0.2) is 12.2 Å². The van der Waals surface area contributed by atoms with Gasteiger partial charge in [0.05, 0.1) is 0 Å². The van der Waals surface area contributed by atoms with Gasteiger partial charge in [0.1, 0.15) is 0 Å². The lowest BCUT2D eigenvalue weighted by atomic mass is 10.4. The molecule has 0 bridgehead atoms. The molecule has 1 nitrogen and oxygen atoms in total. The van der Waals surface area contributed by atoms with Crippen LogP contribution in [0.3, 0.4) is 0 Å². The van der Waals surface area contributed by atoms with Crippen molar-refractivity contribution in [3.05, 3.63) is 12.2 Å². The van der Waals surface area contributed by atoms with Crippen molar-refractivity contribution in [3.63, 3.8) is 0 Å². The van der Waals surface area contributed by atoms with Gasteiger partial charge in [-0.2, -0.15) is 0 Å². The lowest BCUT2D eigenvalue weighted by molar-refractivity contribution is 0.341. The Hall–Kier alpha value is 0.180. The SMILES string of the molecule is C/C=C/CN(CC)CCBr. The van der Waals surface area contributed by atoms with Crippen LogP contribution in [-0.4, -0.2) is 29.9 Å². The fourth-order valence-electron chi connectivity index (χ4n) is 0.753. The van der Waals surface area contributed by atoms with Gasteiger partial charge in [-0.05, 0) is 13.5 Å². The number of nitrogens with zero attached hydrogens (tertiary/aromatic N) is 1. The van der Waals surface area contributed by atoms with Crippen LogP contribution in [0.4, 0.5) is 0 Å². The number of hydrogen-bond donors (Lipinski definition) is 0. The molecule has 0 aromatic carbocycles. The maximum absolute atomic E-state index is 3.42. The van der Waals surface area contributed by atoms with Gasteiger partial charge in [0.2, 0.25) is 0 Å². The standard InChI is InChI=1S/C8H16BrN/c1-3-5-7-10(4-2)8-6-9/h3,5H,4,6-8H2,1-2H3/b5-3+. The van der Waals surface area contributed by atoms with Crippen LogP contribution in [0.1, 0.15) is 13.8 Å². The van der Waals surface area contributed by atoms with Crippen molar-refractivity contribution in [2.45, 2.75) is 13.8 Å². The van der Waals surface area contributed by atoms with Crippen LogP contribution < -0.4 is 0 Å². The first kappa shape index (κ1) is 10.2. The summed E-state index contributed by atoms with van der Waals surface area (Å²) in [6.45, 7) is 7.60. The molecule has 0 aromatic heterocycles. The normalized spacial score (nSPS) is 11.6. The van der Waals surface area contributed by atoms with E-state index < -0.39 is 0 Å². The molecule has 0 saturated carbocycles. The average Bonchev–Trinajstić information content (AvgIpc) is 1.98. The third-order valence-electron chi connectivity index (χ3n) is 1.45. The van der Waals surface area contributed by atoms with E-state index in [9.17, 15) is 0 Å². The maximum Gasteiger partial charge on any atom is 0.0163 e. The fourth-order valence-corrected chi connectivity index (χ4v) is 1.25. The van der Waals surface area contributed by atoms with Crippen molar-refractivity contribution in [1.82, 2.24) is 4.90 Å². The molecule has 10 heavy (non-hydrogen) atoms. The monoisotopic (exact) mass is 205 g/mol. The van der Waals surface area contributed by atoms with Gasteiger partial charge in [-0.15, -0.1) is 0 Å². The molecule has 0 fully saturated rings. The summed E-state index contributed by atoms with van der Waals surface area (Å²) < 4.78 is 0. The van der Waals surface area contributed by atoms with Crippen LogP contribution in [0.5, 0.6) is 0 Å². The fraction of sp³-hybridized carbons (Fsp3) is 0.750. The zero-order valence-corrected chi connectivity index (χ0v) is 8.39. The highest BCUT2D eigenvalue weighted by molar-refractivity contribution is 9.09. The van der Waals surface area contributed by atoms with Gasteiger partial charge in [0.25, 0.3) is 0 Å². The zero-order valence-electron chi connectivity index (χ0n) is 6.81. The summed E-state index contributed by atoms with van der Waals surface area (Å²) in [5.41, 5.74) is 0. The lowest BCUT2D eigenvalue weighted by Crippen LogP contribution is -2.25. The molecular weight excluding hydrogens is 190 g/mol. The Morgan fingerprint density at radius 2 is 2.20 bits per heavy atom. The highest BCUT2D eigenvalue weighted by Crippen LogP contribution is 1.90. The maximum atomic E-state index is 3.42. The lowest BCUT2D eigenvalue weighted by Gasteiger charge is -2.15. The molecule has 0 spiro atoms. The molecule has 0 rings (SSSR count). The Balaban J connectivity index is 3.39. The summed E-state index contributed by atoms with van der Waals surface area (Å²) in [4.78, 5) is 2.38. The van der Waals surface area contributed by atoms with Crippen molar-refractivity contribution in [2.24, 2.45) is 0 Å². The quantitative estimate of drug-likeness (QED) is 0.492. The molecule has 0 aliphatic heterocycles. The second-order valence-corrected chi connectivity index (χ2v) is 2.94. The number of allylic oxidation sites excluding steroid dienone is 1. The summed E-state index contributed by atoms with van der Waals surface area (Å²) in [7, 11) is 0. The third kappa shape index (κ3) is 5.00. The Labute approximate surface area is 72.2 Å². The smallest absolute Gasteiger partial charge is 0.0163 e. The minimum absolute atomic E-state index is 1.07. The molecule has 0 atom stereocenters. The van der Waals surface area contributed by atoms with E-state index in [2.05, 4.69) is 46.8 Å². The molecule has 0 amide bonds. The van der Waals surface area contributed by atoms with Crippen molar-refractivity contribution < 1.29 is 0 Å². The van der Waals surface area contributed by atoms with Crippen molar-refractivity contribution in [2.75, 3.05) is 25.0 Å². The van der Waals surface area contributed by atoms with E-state index >= 15 is 0 Å². The molecule has 60 valence electrons. The first-order valence-electron chi connectivity index (χ1n) is 3.74. The Morgan fingerprint density at radius 1 is 1.50 bits per heavy atom. The van der Waals surface area contributed by atoms with E-state index in [1.54, 1.807) is 0 Å². The Bertz CT molecular complexity index is 91.3. The van der Waals surface area contributed by atoms with Gasteiger partial charge in [-0.25, -0.2) is 0 Å². The predicted molar refractivity (Wildman–Crippen MR) is 50.7 cm³/mol. The highest BCUT2D eigenvalue weighted by Gasteiger charge is 1.95. The molecule has 0 unspecified atom stereocenters. The van der Waals surface area contributed by atoms with Gasteiger partial charge in [-0.1, -0.05) is 35.0 Å². The molecule has 0 heterocycles. The first-order valence-corrected chi connectivity index (χ1v) is 4.86. The number of rotatable bonds is 5. The summed E-state index contributed by atoms with van der Waals surface area (Å²) >= 11 is 3.42. The van der Waals surface area contributed by atoms with Crippen LogP contribution in [-0.2, 0) is 0 Å². The highest BCUT2D eigenvalue weighted by atomic mass is 79.9. The van der Waals surface area contributed by atoms with Gasteiger partial charge < -0.3 is 0 Å². The van der Waals surface area contributed by atoms with E-state index in [0.29, 0.717) is 0 Å². The summed E-state index contributed by atoms with van der Waals surface area (Å²) in [6, 6.07) is 0. The summed E-state index contributed by atoms with van der Waals surface area (Å²) in [5.74, 6) is 0. The number of halogens is 1. The Kier molecular flexibility index (Phi) is 7.42. The van der Waals surface area contributed by atoms with E-state index in [1.807, 2.05) is 0 Å². The summed E-state index contributed by atoms with van der Waals surface area (Å²) in [6.07, 6.45) is 4.28. The van der Waals surface area contributed by atoms with Crippen molar-refractivity contribution >= 4 is 15.9 Å². The average molecular weight is 206 g/mol. The van der Waals surface area contributed by atoms with E-state index in [4.69, 9.17) is 0 Å². The van der Waals surface area contributed by atoms with Crippen LogP contribution in [0.25, 0.3) is 0 Å². The third-order valence-corrected chi connectivity index (χ3v) is 1.80. The van der Waals surface area contributed by atoms with E-state index in [0.717, 1.165) is 25.0 Å². The minimum Gasteiger partial charge on any atom is -0.299 e. The molecule has 0 N–H and O–H groups in total. The molecule has 0 radical (unpaired) electrons. The zero-order chi connectivity index (χ0) is 7.82. The number of alkyl halides is 1. The van der Waals surface area contributed by atoms with Crippen LogP contribution in [0.2, 0.25) is 0 Å². The van der Waals surface area contributed by atoms with Gasteiger partial charge >= 0.3 is 0 Å². The van der Waals surface area contributed by atoms with Gasteiger partial charge in [0.15, 0.2) is 0 Å². The molecule has 0 aliphatic rings. The van der Waals surface area contributed by atoms with Crippen LogP contribution >= 0.6 is 15.9 Å². The molecule has 2 heteroatoms. The van der Waals surface area contributed by atoms with Gasteiger partial charge in [-0.3, -0.25) is 4.90 Å². The second kappa shape index (κ2) is 7.29. The molecule has 0 saturated heterocycles. The largest absolute Gasteiger partial charge is 0.299 e. The molecular formula is C8H16BrN. The second-order valence-electron chi connectivity index (χ2n) is 2.15. The minimum atomic E-state index is 1.07. The van der Waals surface area contributed by atoms with E-state index in [1.165, 1.54) is 0 Å². The van der Waals surface area contributed by atoms with Gasteiger partial charge in [0, 0.05) is 18.4 Å². The predicted octanol–water partition coefficient (Wildman–Crippen LogP) is 2.28. The van der Waals surface area contributed by atoms with Crippen LogP contribution in [0, 0.1) is 0 Å². The van der Waals surface area contributed by atoms with Crippen molar-refractivity contribution in [3.8, 4) is 0 Å².